The molecule has 3 heteroatoms. The van der Waals surface area contributed by atoms with Gasteiger partial charge >= 0.3 is 0 Å². The Balaban J connectivity index is 1.95. The van der Waals surface area contributed by atoms with Crippen LogP contribution in [0.4, 0.5) is 0 Å². The predicted octanol–water partition coefficient (Wildman–Crippen LogP) is 1.73. The average Bonchev–Trinajstić information content (AvgIpc) is 2.23. The van der Waals surface area contributed by atoms with Crippen LogP contribution in [0.25, 0.3) is 0 Å². The molecule has 0 amide bonds. The molecule has 17 heavy (non-hydrogen) atoms. The first-order chi connectivity index (χ1) is 8.10. The number of ether oxygens (including phenoxy) is 1. The fourth-order valence-corrected chi connectivity index (χ4v) is 3.30. The molecule has 0 aliphatic carbocycles. The zero-order valence-electron chi connectivity index (χ0n) is 11.7. The molecule has 3 nitrogen and oxygen atoms in total. The summed E-state index contributed by atoms with van der Waals surface area (Å²) in [4.78, 5) is 2.62. The summed E-state index contributed by atoms with van der Waals surface area (Å²) >= 11 is 0. The van der Waals surface area contributed by atoms with E-state index in [1.807, 2.05) is 0 Å². The van der Waals surface area contributed by atoms with Crippen LogP contribution in [0.2, 0.25) is 0 Å². The molecule has 0 spiro atoms. The summed E-state index contributed by atoms with van der Waals surface area (Å²) in [7, 11) is 0. The highest BCUT2D eigenvalue weighted by Gasteiger charge is 2.50. The van der Waals surface area contributed by atoms with E-state index in [9.17, 15) is 0 Å². The Bertz CT molecular complexity index is 243. The minimum Gasteiger partial charge on any atom is -0.380 e. The van der Waals surface area contributed by atoms with Crippen molar-refractivity contribution in [2.24, 2.45) is 10.8 Å². The maximum atomic E-state index is 5.54. The molecule has 2 rings (SSSR count). The van der Waals surface area contributed by atoms with Crippen LogP contribution in [0.3, 0.4) is 0 Å². The SMILES string of the molecule is CCCC1(C(C)(C)CN2CCNCC2)COC1. The van der Waals surface area contributed by atoms with E-state index >= 15 is 0 Å². The first-order valence-corrected chi connectivity index (χ1v) is 7.10. The molecule has 0 unspecified atom stereocenters. The molecule has 0 aromatic carbocycles. The van der Waals surface area contributed by atoms with Crippen molar-refractivity contribution >= 4 is 0 Å². The highest BCUT2D eigenvalue weighted by molar-refractivity contribution is 4.99. The first-order valence-electron chi connectivity index (χ1n) is 7.10. The molecular formula is C14H28N2O. The van der Waals surface area contributed by atoms with E-state index in [1.165, 1.54) is 32.5 Å². The van der Waals surface area contributed by atoms with Crippen LogP contribution < -0.4 is 5.32 Å². The molecule has 2 aliphatic heterocycles. The monoisotopic (exact) mass is 240 g/mol. The van der Waals surface area contributed by atoms with Gasteiger partial charge in [-0.05, 0) is 11.8 Å². The Morgan fingerprint density at radius 2 is 1.88 bits per heavy atom. The maximum absolute atomic E-state index is 5.54. The number of nitrogens with one attached hydrogen (secondary N) is 1. The molecule has 0 atom stereocenters. The van der Waals surface area contributed by atoms with Crippen molar-refractivity contribution in [3.05, 3.63) is 0 Å². The van der Waals surface area contributed by atoms with Crippen molar-refractivity contribution in [2.45, 2.75) is 33.6 Å². The van der Waals surface area contributed by atoms with Gasteiger partial charge in [-0.15, -0.1) is 0 Å². The molecule has 0 aromatic rings. The summed E-state index contributed by atoms with van der Waals surface area (Å²) in [5, 5.41) is 3.43. The summed E-state index contributed by atoms with van der Waals surface area (Å²) in [6.07, 6.45) is 2.58. The van der Waals surface area contributed by atoms with Crippen molar-refractivity contribution in [2.75, 3.05) is 45.9 Å². The zero-order chi connectivity index (χ0) is 12.4. The number of nitrogens with zero attached hydrogens (tertiary/aromatic N) is 1. The Labute approximate surface area is 106 Å². The van der Waals surface area contributed by atoms with Gasteiger partial charge in [-0.3, -0.25) is 0 Å². The molecule has 2 heterocycles. The van der Waals surface area contributed by atoms with Crippen LogP contribution in [-0.2, 0) is 4.74 Å². The summed E-state index contributed by atoms with van der Waals surface area (Å²) in [6, 6.07) is 0. The smallest absolute Gasteiger partial charge is 0.0550 e. The fourth-order valence-electron chi connectivity index (χ4n) is 3.30. The average molecular weight is 240 g/mol. The second kappa shape index (κ2) is 5.25. The number of hydrogen-bond donors (Lipinski definition) is 1. The fraction of sp³-hybridized carbons (Fsp3) is 1.00. The van der Waals surface area contributed by atoms with Gasteiger partial charge in [0.2, 0.25) is 0 Å². The standard InChI is InChI=1S/C14H28N2O/c1-4-5-14(11-17-12-14)13(2,3)10-16-8-6-15-7-9-16/h15H,4-12H2,1-3H3. The molecule has 2 aliphatic rings. The third-order valence-electron chi connectivity index (χ3n) is 4.75. The predicted molar refractivity (Wildman–Crippen MR) is 71.3 cm³/mol. The number of piperazine rings is 1. The normalized spacial score (nSPS) is 25.6. The Kier molecular flexibility index (Phi) is 4.11. The van der Waals surface area contributed by atoms with Gasteiger partial charge in [-0.25, -0.2) is 0 Å². The molecule has 1 N–H and O–H groups in total. The van der Waals surface area contributed by atoms with Crippen molar-refractivity contribution in [1.82, 2.24) is 10.2 Å². The Morgan fingerprint density at radius 1 is 1.24 bits per heavy atom. The van der Waals surface area contributed by atoms with E-state index in [1.54, 1.807) is 0 Å². The lowest BCUT2D eigenvalue weighted by Gasteiger charge is -2.54. The summed E-state index contributed by atoms with van der Waals surface area (Å²) in [5.41, 5.74) is 0.811. The minimum atomic E-state index is 0.374. The van der Waals surface area contributed by atoms with E-state index in [0.717, 1.165) is 26.3 Å². The van der Waals surface area contributed by atoms with Crippen LogP contribution in [0.1, 0.15) is 33.6 Å². The van der Waals surface area contributed by atoms with Gasteiger partial charge in [0.25, 0.3) is 0 Å². The largest absolute Gasteiger partial charge is 0.380 e. The highest BCUT2D eigenvalue weighted by atomic mass is 16.5. The summed E-state index contributed by atoms with van der Waals surface area (Å²) in [6.45, 7) is 15.0. The number of hydrogen-bond acceptors (Lipinski definition) is 3. The third-order valence-corrected chi connectivity index (χ3v) is 4.75. The van der Waals surface area contributed by atoms with Crippen LogP contribution in [0.5, 0.6) is 0 Å². The van der Waals surface area contributed by atoms with Crippen LogP contribution >= 0.6 is 0 Å². The van der Waals surface area contributed by atoms with Gasteiger partial charge < -0.3 is 15.0 Å². The summed E-state index contributed by atoms with van der Waals surface area (Å²) < 4.78 is 5.54. The Hall–Kier alpha value is -0.120. The second-order valence-corrected chi connectivity index (χ2v) is 6.43. The molecule has 0 radical (unpaired) electrons. The minimum absolute atomic E-state index is 0.374. The summed E-state index contributed by atoms with van der Waals surface area (Å²) in [5.74, 6) is 0. The van der Waals surface area contributed by atoms with Gasteiger partial charge in [0.1, 0.15) is 0 Å². The molecule has 0 aromatic heterocycles. The Morgan fingerprint density at radius 3 is 2.35 bits per heavy atom. The molecule has 100 valence electrons. The van der Waals surface area contributed by atoms with Gasteiger partial charge in [0.05, 0.1) is 13.2 Å². The van der Waals surface area contributed by atoms with E-state index < -0.39 is 0 Å². The second-order valence-electron chi connectivity index (χ2n) is 6.43. The van der Waals surface area contributed by atoms with Crippen molar-refractivity contribution in [3.8, 4) is 0 Å². The van der Waals surface area contributed by atoms with Crippen LogP contribution in [-0.4, -0.2) is 50.8 Å². The lowest BCUT2D eigenvalue weighted by molar-refractivity contribution is -0.185. The zero-order valence-corrected chi connectivity index (χ0v) is 11.7. The molecule has 0 saturated carbocycles. The topological polar surface area (TPSA) is 24.5 Å². The first kappa shape index (κ1) is 13.3. The molecule has 0 bridgehead atoms. The van der Waals surface area contributed by atoms with Crippen molar-refractivity contribution in [1.29, 1.82) is 0 Å². The number of rotatable bonds is 5. The van der Waals surface area contributed by atoms with E-state index in [4.69, 9.17) is 4.74 Å². The van der Waals surface area contributed by atoms with Gasteiger partial charge in [0, 0.05) is 38.1 Å². The molecular weight excluding hydrogens is 212 g/mol. The highest BCUT2D eigenvalue weighted by Crippen LogP contribution is 2.48. The van der Waals surface area contributed by atoms with E-state index in [2.05, 4.69) is 31.0 Å². The van der Waals surface area contributed by atoms with Crippen molar-refractivity contribution < 1.29 is 4.74 Å². The lowest BCUT2D eigenvalue weighted by atomic mass is 9.61. The van der Waals surface area contributed by atoms with Gasteiger partial charge in [0.15, 0.2) is 0 Å². The lowest BCUT2D eigenvalue weighted by Crippen LogP contribution is -2.58. The molecule has 2 saturated heterocycles. The van der Waals surface area contributed by atoms with E-state index in [0.29, 0.717) is 10.8 Å². The van der Waals surface area contributed by atoms with Gasteiger partial charge in [-0.2, -0.15) is 0 Å². The van der Waals surface area contributed by atoms with Crippen LogP contribution in [0, 0.1) is 10.8 Å². The van der Waals surface area contributed by atoms with Crippen molar-refractivity contribution in [3.63, 3.8) is 0 Å². The third kappa shape index (κ3) is 2.67. The van der Waals surface area contributed by atoms with Gasteiger partial charge in [-0.1, -0.05) is 27.2 Å². The van der Waals surface area contributed by atoms with Crippen LogP contribution in [0.15, 0.2) is 0 Å². The molecule has 2 fully saturated rings. The maximum Gasteiger partial charge on any atom is 0.0550 e. The van der Waals surface area contributed by atoms with E-state index in [-0.39, 0.29) is 0 Å². The quantitative estimate of drug-likeness (QED) is 0.792.